The van der Waals surface area contributed by atoms with Crippen LogP contribution in [0.2, 0.25) is 0 Å². The van der Waals surface area contributed by atoms with Crippen LogP contribution in [0.4, 0.5) is 0 Å². The van der Waals surface area contributed by atoms with Crippen LogP contribution in [0.5, 0.6) is 0 Å². The molecule has 0 aromatic carbocycles. The smallest absolute Gasteiger partial charge is 0.236 e. The highest BCUT2D eigenvalue weighted by Crippen LogP contribution is 2.16. The largest absolute Gasteiger partial charge is 0.381 e. The summed E-state index contributed by atoms with van der Waals surface area (Å²) < 4.78 is 5.35. The molecule has 0 unspecified atom stereocenters. The third-order valence-corrected chi connectivity index (χ3v) is 4.29. The Kier molecular flexibility index (Phi) is 5.60. The summed E-state index contributed by atoms with van der Waals surface area (Å²) in [6, 6.07) is 0.325. The van der Waals surface area contributed by atoms with Gasteiger partial charge in [-0.3, -0.25) is 9.69 Å². The van der Waals surface area contributed by atoms with Crippen LogP contribution >= 0.6 is 0 Å². The maximum Gasteiger partial charge on any atom is 0.236 e. The Hall–Kier alpha value is -0.650. The van der Waals surface area contributed by atoms with E-state index in [-0.39, 0.29) is 5.91 Å². The lowest BCUT2D eigenvalue weighted by molar-refractivity contribution is -0.132. The molecule has 5 nitrogen and oxygen atoms in total. The van der Waals surface area contributed by atoms with Gasteiger partial charge in [-0.1, -0.05) is 0 Å². The summed E-state index contributed by atoms with van der Waals surface area (Å²) in [4.78, 5) is 16.3. The fraction of sp³-hybridized carbons (Fsp3) is 0.929. The molecular weight excluding hydrogens is 242 g/mol. The Morgan fingerprint density at radius 1 is 1.26 bits per heavy atom. The van der Waals surface area contributed by atoms with Crippen LogP contribution in [0.3, 0.4) is 0 Å². The van der Waals surface area contributed by atoms with Gasteiger partial charge >= 0.3 is 0 Å². The second-order valence-electron chi connectivity index (χ2n) is 5.94. The first-order valence-corrected chi connectivity index (χ1v) is 7.45. The summed E-state index contributed by atoms with van der Waals surface area (Å²) in [6.45, 7) is 5.02. The van der Waals surface area contributed by atoms with Crippen molar-refractivity contribution in [2.24, 2.45) is 11.7 Å². The molecule has 2 fully saturated rings. The lowest BCUT2D eigenvalue weighted by Gasteiger charge is -2.32. The minimum absolute atomic E-state index is 0.238. The first-order chi connectivity index (χ1) is 9.15. The zero-order valence-corrected chi connectivity index (χ0v) is 12.0. The Labute approximate surface area is 116 Å². The molecule has 0 aromatic rings. The summed E-state index contributed by atoms with van der Waals surface area (Å²) in [5.74, 6) is 0.847. The van der Waals surface area contributed by atoms with Crippen molar-refractivity contribution in [3.8, 4) is 0 Å². The number of hydrogen-bond donors (Lipinski definition) is 1. The highest BCUT2D eigenvalue weighted by atomic mass is 16.5. The second-order valence-corrected chi connectivity index (χ2v) is 5.94. The van der Waals surface area contributed by atoms with Gasteiger partial charge in [0, 0.05) is 45.9 Å². The normalized spacial score (nSPS) is 23.5. The van der Waals surface area contributed by atoms with Crippen molar-refractivity contribution in [1.29, 1.82) is 0 Å². The summed E-state index contributed by atoms with van der Waals surface area (Å²) in [6.07, 6.45) is 4.18. The summed E-state index contributed by atoms with van der Waals surface area (Å²) in [5.41, 5.74) is 5.88. The molecule has 0 radical (unpaired) electrons. The lowest BCUT2D eigenvalue weighted by Crippen LogP contribution is -2.45. The fourth-order valence-electron chi connectivity index (χ4n) is 2.84. The molecule has 0 saturated carbocycles. The van der Waals surface area contributed by atoms with E-state index < -0.39 is 0 Å². The standard InChI is InChI=1S/C14H27N3O2/c1-16(10-12-4-8-19-9-5-12)14(18)11-17-6-2-13(15)3-7-17/h12-13H,2-11,15H2,1H3. The number of amides is 1. The molecule has 0 aromatic heterocycles. The van der Waals surface area contributed by atoms with Gasteiger partial charge in [0.2, 0.25) is 5.91 Å². The molecule has 2 aliphatic heterocycles. The minimum Gasteiger partial charge on any atom is -0.381 e. The van der Waals surface area contributed by atoms with Crippen LogP contribution < -0.4 is 5.73 Å². The van der Waals surface area contributed by atoms with E-state index in [0.29, 0.717) is 18.5 Å². The van der Waals surface area contributed by atoms with Crippen LogP contribution in [-0.4, -0.2) is 68.2 Å². The van der Waals surface area contributed by atoms with Crippen LogP contribution in [0.15, 0.2) is 0 Å². The van der Waals surface area contributed by atoms with Crippen LogP contribution in [0.25, 0.3) is 0 Å². The first-order valence-electron chi connectivity index (χ1n) is 7.45. The Balaban J connectivity index is 1.69. The Bertz CT molecular complexity index is 284. The van der Waals surface area contributed by atoms with E-state index in [2.05, 4.69) is 4.90 Å². The predicted octanol–water partition coefficient (Wildman–Crippen LogP) is 0.295. The van der Waals surface area contributed by atoms with Crippen molar-refractivity contribution in [2.45, 2.75) is 31.7 Å². The average molecular weight is 269 g/mol. The molecule has 19 heavy (non-hydrogen) atoms. The van der Waals surface area contributed by atoms with Crippen molar-refractivity contribution in [2.75, 3.05) is 46.4 Å². The molecule has 2 aliphatic rings. The number of nitrogens with two attached hydrogens (primary N) is 1. The van der Waals surface area contributed by atoms with Crippen molar-refractivity contribution in [1.82, 2.24) is 9.80 Å². The van der Waals surface area contributed by atoms with E-state index in [9.17, 15) is 4.79 Å². The molecule has 0 atom stereocenters. The van der Waals surface area contributed by atoms with E-state index in [1.54, 1.807) is 0 Å². The quantitative estimate of drug-likeness (QED) is 0.797. The minimum atomic E-state index is 0.238. The summed E-state index contributed by atoms with van der Waals surface area (Å²) in [5, 5.41) is 0. The molecule has 2 saturated heterocycles. The zero-order chi connectivity index (χ0) is 13.7. The molecule has 0 bridgehead atoms. The van der Waals surface area contributed by atoms with Gasteiger partial charge in [0.1, 0.15) is 0 Å². The topological polar surface area (TPSA) is 58.8 Å². The first kappa shape index (κ1) is 14.8. The van der Waals surface area contributed by atoms with Crippen molar-refractivity contribution < 1.29 is 9.53 Å². The van der Waals surface area contributed by atoms with Gasteiger partial charge in [-0.15, -0.1) is 0 Å². The SMILES string of the molecule is CN(CC1CCOCC1)C(=O)CN1CCC(N)CC1. The van der Waals surface area contributed by atoms with Gasteiger partial charge in [-0.25, -0.2) is 0 Å². The summed E-state index contributed by atoms with van der Waals surface area (Å²) in [7, 11) is 1.92. The van der Waals surface area contributed by atoms with Crippen molar-refractivity contribution in [3.63, 3.8) is 0 Å². The fourth-order valence-corrected chi connectivity index (χ4v) is 2.84. The number of carbonyl (C=O) groups is 1. The number of hydrogen-bond acceptors (Lipinski definition) is 4. The van der Waals surface area contributed by atoms with E-state index in [4.69, 9.17) is 10.5 Å². The number of ether oxygens (including phenoxy) is 1. The van der Waals surface area contributed by atoms with Gasteiger partial charge in [0.15, 0.2) is 0 Å². The van der Waals surface area contributed by atoms with E-state index in [0.717, 1.165) is 58.5 Å². The molecule has 2 N–H and O–H groups in total. The van der Waals surface area contributed by atoms with Crippen LogP contribution in [0, 0.1) is 5.92 Å². The molecule has 1 amide bonds. The number of rotatable bonds is 4. The number of nitrogens with zero attached hydrogens (tertiary/aromatic N) is 2. The maximum absolute atomic E-state index is 12.2. The van der Waals surface area contributed by atoms with Crippen LogP contribution in [-0.2, 0) is 9.53 Å². The average Bonchev–Trinajstić information content (AvgIpc) is 2.42. The molecule has 2 heterocycles. The van der Waals surface area contributed by atoms with Gasteiger partial charge in [0.05, 0.1) is 6.54 Å². The maximum atomic E-state index is 12.2. The number of likely N-dealkylation sites (tertiary alicyclic amines) is 1. The number of carbonyl (C=O) groups excluding carboxylic acids is 1. The van der Waals surface area contributed by atoms with Crippen molar-refractivity contribution >= 4 is 5.91 Å². The molecule has 5 heteroatoms. The molecular formula is C14H27N3O2. The molecule has 0 spiro atoms. The van der Waals surface area contributed by atoms with Gasteiger partial charge in [0.25, 0.3) is 0 Å². The Morgan fingerprint density at radius 3 is 2.53 bits per heavy atom. The highest BCUT2D eigenvalue weighted by molar-refractivity contribution is 5.78. The Morgan fingerprint density at radius 2 is 1.89 bits per heavy atom. The monoisotopic (exact) mass is 269 g/mol. The van der Waals surface area contributed by atoms with Crippen LogP contribution in [0.1, 0.15) is 25.7 Å². The number of piperidine rings is 1. The van der Waals surface area contributed by atoms with Gasteiger partial charge < -0.3 is 15.4 Å². The summed E-state index contributed by atoms with van der Waals surface area (Å²) >= 11 is 0. The van der Waals surface area contributed by atoms with Crippen molar-refractivity contribution in [3.05, 3.63) is 0 Å². The van der Waals surface area contributed by atoms with E-state index >= 15 is 0 Å². The molecule has 2 rings (SSSR count). The molecule has 0 aliphatic carbocycles. The predicted molar refractivity (Wildman–Crippen MR) is 74.8 cm³/mol. The van der Waals surface area contributed by atoms with E-state index in [1.165, 1.54) is 0 Å². The third-order valence-electron chi connectivity index (χ3n) is 4.29. The van der Waals surface area contributed by atoms with Gasteiger partial charge in [-0.05, 0) is 31.6 Å². The molecule has 110 valence electrons. The van der Waals surface area contributed by atoms with Gasteiger partial charge in [-0.2, -0.15) is 0 Å². The zero-order valence-electron chi connectivity index (χ0n) is 12.0. The third kappa shape index (κ3) is 4.75. The lowest BCUT2D eigenvalue weighted by atomic mass is 10.00. The highest BCUT2D eigenvalue weighted by Gasteiger charge is 2.22. The second kappa shape index (κ2) is 7.22. The number of likely N-dealkylation sites (N-methyl/N-ethyl adjacent to an activating group) is 1. The van der Waals surface area contributed by atoms with E-state index in [1.807, 2.05) is 11.9 Å².